The lowest BCUT2D eigenvalue weighted by Crippen LogP contribution is -2.72. The monoisotopic (exact) mass is 304 g/mol. The van der Waals surface area contributed by atoms with Crippen molar-refractivity contribution in [2.75, 3.05) is 13.1 Å². The number of nitrogens with zero attached hydrogens (tertiary/aromatic N) is 5. The Morgan fingerprint density at radius 1 is 1.27 bits per heavy atom. The lowest BCUT2D eigenvalue weighted by atomic mass is 9.65. The maximum atomic E-state index is 4.82. The molecule has 6 heteroatoms. The number of likely N-dealkylation sites (tertiary alicyclic amines) is 1. The zero-order valence-corrected chi connectivity index (χ0v) is 14.5. The van der Waals surface area contributed by atoms with E-state index < -0.39 is 0 Å². The molecule has 2 aliphatic heterocycles. The fraction of sp³-hybridized carbons (Fsp3) is 0.812. The molecule has 122 valence electrons. The predicted octanol–water partition coefficient (Wildman–Crippen LogP) is 1.81. The number of aliphatic imine (C=N–C) groups is 1. The van der Waals surface area contributed by atoms with Gasteiger partial charge in [0, 0.05) is 37.0 Å². The van der Waals surface area contributed by atoms with Crippen LogP contribution < -0.4 is 5.32 Å². The van der Waals surface area contributed by atoms with Crippen molar-refractivity contribution < 1.29 is 0 Å². The zero-order valence-electron chi connectivity index (χ0n) is 14.5. The van der Waals surface area contributed by atoms with Gasteiger partial charge in [-0.3, -0.25) is 0 Å². The van der Waals surface area contributed by atoms with Gasteiger partial charge in [-0.05, 0) is 27.2 Å². The molecule has 6 nitrogen and oxygen atoms in total. The molecule has 22 heavy (non-hydrogen) atoms. The molecule has 1 saturated heterocycles. The van der Waals surface area contributed by atoms with Gasteiger partial charge in [0.25, 0.3) is 0 Å². The molecule has 1 aromatic heterocycles. The summed E-state index contributed by atoms with van der Waals surface area (Å²) in [7, 11) is 0. The molecule has 0 aliphatic carbocycles. The van der Waals surface area contributed by atoms with Crippen LogP contribution in [0, 0.1) is 5.41 Å². The average Bonchev–Trinajstić information content (AvgIpc) is 3.05. The molecule has 0 spiro atoms. The fourth-order valence-electron chi connectivity index (χ4n) is 3.27. The van der Waals surface area contributed by atoms with E-state index in [4.69, 9.17) is 4.99 Å². The summed E-state index contributed by atoms with van der Waals surface area (Å²) in [6, 6.07) is 0. The van der Waals surface area contributed by atoms with Gasteiger partial charge >= 0.3 is 0 Å². The van der Waals surface area contributed by atoms with E-state index in [1.54, 1.807) is 0 Å². The largest absolute Gasteiger partial charge is 0.356 e. The van der Waals surface area contributed by atoms with E-state index >= 15 is 0 Å². The number of fused-ring (bicyclic) bond motifs is 1. The molecule has 0 aromatic carbocycles. The maximum Gasteiger partial charge on any atom is 0.194 e. The summed E-state index contributed by atoms with van der Waals surface area (Å²) in [5, 5.41) is 12.0. The van der Waals surface area contributed by atoms with Gasteiger partial charge in [-0.15, -0.1) is 10.2 Å². The number of guanidine groups is 1. The summed E-state index contributed by atoms with van der Waals surface area (Å²) in [5.74, 6) is 3.09. The van der Waals surface area contributed by atoms with Gasteiger partial charge in [-0.1, -0.05) is 13.8 Å². The highest BCUT2D eigenvalue weighted by atomic mass is 15.4. The van der Waals surface area contributed by atoms with Crippen molar-refractivity contribution in [1.29, 1.82) is 0 Å². The van der Waals surface area contributed by atoms with Crippen molar-refractivity contribution in [2.45, 2.75) is 66.1 Å². The van der Waals surface area contributed by atoms with Crippen molar-refractivity contribution >= 4 is 5.96 Å². The Morgan fingerprint density at radius 2 is 2.05 bits per heavy atom. The molecule has 2 aliphatic rings. The average molecular weight is 304 g/mol. The van der Waals surface area contributed by atoms with E-state index in [9.17, 15) is 0 Å². The highest BCUT2D eigenvalue weighted by Gasteiger charge is 2.53. The minimum absolute atomic E-state index is 0.112. The number of rotatable bonds is 3. The zero-order chi connectivity index (χ0) is 16.0. The molecule has 1 aromatic rings. The number of nitrogens with one attached hydrogen (secondary N) is 1. The quantitative estimate of drug-likeness (QED) is 0.683. The third-order valence-electron chi connectivity index (χ3n) is 5.53. The second-order valence-electron chi connectivity index (χ2n) is 7.49. The summed E-state index contributed by atoms with van der Waals surface area (Å²) in [4.78, 5) is 7.20. The van der Waals surface area contributed by atoms with Crippen molar-refractivity contribution in [3.8, 4) is 0 Å². The van der Waals surface area contributed by atoms with Crippen molar-refractivity contribution in [2.24, 2.45) is 10.4 Å². The molecular formula is C16H28N6. The minimum atomic E-state index is 0.112. The standard InChI is InChI=1S/C16H28N6/c1-6-17-14(22-11-15(2,3)16(22,4)5)18-10-13-20-19-12-8-7-9-21(12)13/h6-11H2,1-5H3,(H,17,18). The Morgan fingerprint density at radius 3 is 2.68 bits per heavy atom. The molecule has 0 radical (unpaired) electrons. The Labute approximate surface area is 133 Å². The van der Waals surface area contributed by atoms with Gasteiger partial charge < -0.3 is 14.8 Å². The first kappa shape index (κ1) is 15.3. The second kappa shape index (κ2) is 5.25. The van der Waals surface area contributed by atoms with E-state index in [2.05, 4.69) is 59.6 Å². The van der Waals surface area contributed by atoms with Crippen molar-refractivity contribution in [3.63, 3.8) is 0 Å². The Balaban J connectivity index is 1.77. The van der Waals surface area contributed by atoms with Crippen LogP contribution in [-0.4, -0.2) is 44.3 Å². The molecule has 0 atom stereocenters. The Hall–Kier alpha value is -1.59. The number of hydrogen-bond acceptors (Lipinski definition) is 3. The van der Waals surface area contributed by atoms with E-state index in [0.717, 1.165) is 43.7 Å². The van der Waals surface area contributed by atoms with Crippen LogP contribution >= 0.6 is 0 Å². The molecular weight excluding hydrogens is 276 g/mol. The van der Waals surface area contributed by atoms with Gasteiger partial charge in [0.05, 0.1) is 0 Å². The van der Waals surface area contributed by atoms with Crippen LogP contribution in [0.15, 0.2) is 4.99 Å². The van der Waals surface area contributed by atoms with Crippen LogP contribution in [0.4, 0.5) is 0 Å². The summed E-state index contributed by atoms with van der Waals surface area (Å²) in [6.07, 6.45) is 2.22. The van der Waals surface area contributed by atoms with Crippen LogP contribution in [-0.2, 0) is 19.5 Å². The third kappa shape index (κ3) is 2.29. The maximum absolute atomic E-state index is 4.82. The predicted molar refractivity (Wildman–Crippen MR) is 87.7 cm³/mol. The first-order valence-corrected chi connectivity index (χ1v) is 8.34. The van der Waals surface area contributed by atoms with E-state index in [1.165, 1.54) is 6.42 Å². The topological polar surface area (TPSA) is 58.3 Å². The Kier molecular flexibility index (Phi) is 3.65. The van der Waals surface area contributed by atoms with Crippen LogP contribution in [0.2, 0.25) is 0 Å². The van der Waals surface area contributed by atoms with Crippen LogP contribution in [0.25, 0.3) is 0 Å². The van der Waals surface area contributed by atoms with Crippen LogP contribution in [0.3, 0.4) is 0 Å². The molecule has 0 bridgehead atoms. The number of aromatic nitrogens is 3. The summed E-state index contributed by atoms with van der Waals surface area (Å²) in [5.41, 5.74) is 0.417. The van der Waals surface area contributed by atoms with E-state index in [1.807, 2.05) is 0 Å². The SMILES string of the molecule is CCNC(=NCc1nnc2n1CCC2)N1CC(C)(C)C1(C)C. The lowest BCUT2D eigenvalue weighted by Gasteiger charge is -2.62. The first-order valence-electron chi connectivity index (χ1n) is 8.34. The van der Waals surface area contributed by atoms with Crippen molar-refractivity contribution in [1.82, 2.24) is 25.0 Å². The minimum Gasteiger partial charge on any atom is -0.356 e. The fourth-order valence-corrected chi connectivity index (χ4v) is 3.27. The third-order valence-corrected chi connectivity index (χ3v) is 5.53. The molecule has 1 fully saturated rings. The Bertz CT molecular complexity index is 583. The lowest BCUT2D eigenvalue weighted by molar-refractivity contribution is -0.0668. The van der Waals surface area contributed by atoms with Crippen LogP contribution in [0.1, 0.15) is 52.7 Å². The second-order valence-corrected chi connectivity index (χ2v) is 7.49. The van der Waals surface area contributed by atoms with Gasteiger partial charge in [0.2, 0.25) is 0 Å². The van der Waals surface area contributed by atoms with Gasteiger partial charge in [0.15, 0.2) is 11.8 Å². The van der Waals surface area contributed by atoms with Gasteiger partial charge in [0.1, 0.15) is 12.4 Å². The summed E-state index contributed by atoms with van der Waals surface area (Å²) < 4.78 is 2.22. The van der Waals surface area contributed by atoms with E-state index in [0.29, 0.717) is 12.0 Å². The first-order chi connectivity index (χ1) is 10.4. The summed E-state index contributed by atoms with van der Waals surface area (Å²) >= 11 is 0. The molecule has 0 saturated carbocycles. The van der Waals surface area contributed by atoms with Crippen LogP contribution in [0.5, 0.6) is 0 Å². The van der Waals surface area contributed by atoms with Gasteiger partial charge in [-0.25, -0.2) is 4.99 Å². The number of aryl methyl sites for hydroxylation is 1. The highest BCUT2D eigenvalue weighted by Crippen LogP contribution is 2.46. The molecule has 3 rings (SSSR count). The smallest absolute Gasteiger partial charge is 0.194 e. The molecule has 0 amide bonds. The number of hydrogen-bond donors (Lipinski definition) is 1. The van der Waals surface area contributed by atoms with Gasteiger partial charge in [-0.2, -0.15) is 0 Å². The molecule has 0 unspecified atom stereocenters. The highest BCUT2D eigenvalue weighted by molar-refractivity contribution is 5.82. The molecule has 3 heterocycles. The van der Waals surface area contributed by atoms with E-state index in [-0.39, 0.29) is 5.54 Å². The molecule has 1 N–H and O–H groups in total. The normalized spacial score (nSPS) is 22.4. The summed E-state index contributed by atoms with van der Waals surface area (Å²) in [6.45, 7) is 14.9. The van der Waals surface area contributed by atoms with Crippen molar-refractivity contribution in [3.05, 3.63) is 11.6 Å².